The molecule has 3 aromatic rings. The number of nitrogens with zero attached hydrogens (tertiary/aromatic N) is 2. The number of nitrogens with one attached hydrogen (secondary N) is 1. The number of hydrogen-bond acceptors (Lipinski definition) is 3. The first-order valence-corrected chi connectivity index (χ1v) is 11.6. The van der Waals surface area contributed by atoms with Gasteiger partial charge in [-0.05, 0) is 36.8 Å². The maximum Gasteiger partial charge on any atom is 0.325 e. The van der Waals surface area contributed by atoms with Gasteiger partial charge in [-0.25, -0.2) is 22.4 Å². The van der Waals surface area contributed by atoms with Crippen molar-refractivity contribution in [2.75, 3.05) is 11.9 Å². The predicted molar refractivity (Wildman–Crippen MR) is 132 cm³/mol. The number of amides is 4. The lowest BCUT2D eigenvalue weighted by Gasteiger charge is -2.40. The molecule has 3 N–H and O–H groups in total. The molecule has 1 heterocycles. The molecule has 0 spiro atoms. The molecule has 38 heavy (non-hydrogen) atoms. The molecule has 4 amide bonds. The van der Waals surface area contributed by atoms with Crippen molar-refractivity contribution < 1.29 is 31.9 Å². The average molecular weight is 549 g/mol. The Balaban J connectivity index is 1.69. The molecule has 198 valence electrons. The second-order valence-corrected chi connectivity index (χ2v) is 9.09. The van der Waals surface area contributed by atoms with Gasteiger partial charge in [0.05, 0.1) is 28.9 Å². The maximum absolute atomic E-state index is 14.7. The monoisotopic (exact) mass is 548 g/mol. The number of hydrogen-bond donors (Lipinski definition) is 2. The Kier molecular flexibility index (Phi) is 7.32. The summed E-state index contributed by atoms with van der Waals surface area (Å²) in [5, 5.41) is 2.12. The van der Waals surface area contributed by atoms with Crippen molar-refractivity contribution in [3.05, 3.63) is 98.6 Å². The zero-order valence-corrected chi connectivity index (χ0v) is 20.9. The summed E-state index contributed by atoms with van der Waals surface area (Å²) in [5.41, 5.74) is 5.46. The fraction of sp³-hybridized carbons (Fsp3) is 0.192. The highest BCUT2D eigenvalue weighted by atomic mass is 35.5. The highest BCUT2D eigenvalue weighted by Crippen LogP contribution is 2.38. The third-order valence-electron chi connectivity index (χ3n) is 6.45. The second kappa shape index (κ2) is 10.3. The van der Waals surface area contributed by atoms with Crippen molar-refractivity contribution in [3.63, 3.8) is 0 Å². The van der Waals surface area contributed by atoms with Gasteiger partial charge in [-0.3, -0.25) is 14.5 Å². The van der Waals surface area contributed by atoms with Crippen LogP contribution < -0.4 is 16.0 Å². The number of carbonyl (C=O) groups excluding carboxylic acids is 3. The number of rotatable bonds is 6. The number of urea groups is 1. The summed E-state index contributed by atoms with van der Waals surface area (Å²) in [6.45, 7) is 0.817. The number of halogens is 5. The lowest BCUT2D eigenvalue weighted by molar-refractivity contribution is 0.0948. The van der Waals surface area contributed by atoms with E-state index >= 15 is 0 Å². The van der Waals surface area contributed by atoms with Crippen LogP contribution in [0.4, 0.5) is 28.0 Å². The number of benzene rings is 3. The van der Waals surface area contributed by atoms with Gasteiger partial charge in [-0.1, -0.05) is 17.7 Å². The van der Waals surface area contributed by atoms with E-state index in [1.807, 2.05) is 0 Å². The van der Waals surface area contributed by atoms with Crippen LogP contribution in [0.1, 0.15) is 50.4 Å². The van der Waals surface area contributed by atoms with Gasteiger partial charge in [-0.15, -0.1) is 0 Å². The van der Waals surface area contributed by atoms with Crippen LogP contribution in [0.15, 0.2) is 42.5 Å². The minimum Gasteiger partial charge on any atom is -0.366 e. The van der Waals surface area contributed by atoms with Crippen LogP contribution in [0.2, 0.25) is 5.02 Å². The van der Waals surface area contributed by atoms with Gasteiger partial charge in [0.25, 0.3) is 5.91 Å². The Hall–Kier alpha value is -4.12. The number of primary amides is 1. The van der Waals surface area contributed by atoms with E-state index in [1.165, 1.54) is 21.9 Å². The zero-order chi connectivity index (χ0) is 27.9. The van der Waals surface area contributed by atoms with Crippen LogP contribution in [-0.2, 0) is 13.1 Å². The number of carbonyl (C=O) groups is 3. The third kappa shape index (κ3) is 4.89. The molecule has 0 bridgehead atoms. The molecule has 0 saturated heterocycles. The molecule has 1 aliphatic heterocycles. The molecule has 1 atom stereocenters. The fourth-order valence-corrected chi connectivity index (χ4v) is 4.50. The van der Waals surface area contributed by atoms with E-state index in [0.717, 1.165) is 12.1 Å². The average Bonchev–Trinajstić information content (AvgIpc) is 2.85. The first-order valence-electron chi connectivity index (χ1n) is 11.3. The first kappa shape index (κ1) is 26.9. The summed E-state index contributed by atoms with van der Waals surface area (Å²) in [6, 6.07) is 6.66. The van der Waals surface area contributed by atoms with Crippen molar-refractivity contribution in [2.24, 2.45) is 5.73 Å². The normalized spacial score (nSPS) is 14.9. The molecule has 0 saturated carbocycles. The van der Waals surface area contributed by atoms with Crippen molar-refractivity contribution >= 4 is 35.1 Å². The molecule has 0 radical (unpaired) electrons. The van der Waals surface area contributed by atoms with Gasteiger partial charge in [0, 0.05) is 42.4 Å². The van der Waals surface area contributed by atoms with Crippen molar-refractivity contribution in [1.29, 1.82) is 0 Å². The molecule has 0 fully saturated rings. The predicted octanol–water partition coefficient (Wildman–Crippen LogP) is 5.06. The largest absolute Gasteiger partial charge is 0.366 e. The van der Waals surface area contributed by atoms with E-state index in [1.54, 1.807) is 20.0 Å². The Morgan fingerprint density at radius 1 is 1.00 bits per heavy atom. The van der Waals surface area contributed by atoms with E-state index < -0.39 is 59.3 Å². The summed E-state index contributed by atoms with van der Waals surface area (Å²) >= 11 is 6.24. The Morgan fingerprint density at radius 3 is 2.29 bits per heavy atom. The van der Waals surface area contributed by atoms with Gasteiger partial charge in [-0.2, -0.15) is 0 Å². The van der Waals surface area contributed by atoms with E-state index in [-0.39, 0.29) is 33.9 Å². The van der Waals surface area contributed by atoms with Gasteiger partial charge < -0.3 is 16.0 Å². The van der Waals surface area contributed by atoms with Crippen LogP contribution in [0.3, 0.4) is 0 Å². The molecule has 7 nitrogen and oxygen atoms in total. The van der Waals surface area contributed by atoms with Crippen molar-refractivity contribution in [1.82, 2.24) is 10.2 Å². The lowest BCUT2D eigenvalue weighted by atomic mass is 9.98. The van der Waals surface area contributed by atoms with E-state index in [2.05, 4.69) is 5.32 Å². The third-order valence-corrected chi connectivity index (χ3v) is 6.88. The molecule has 4 rings (SSSR count). The summed E-state index contributed by atoms with van der Waals surface area (Å²) < 4.78 is 55.8. The molecule has 0 aromatic heterocycles. The molecule has 3 aromatic carbocycles. The van der Waals surface area contributed by atoms with Crippen LogP contribution in [0, 0.1) is 23.3 Å². The van der Waals surface area contributed by atoms with Crippen LogP contribution >= 0.6 is 11.6 Å². The van der Waals surface area contributed by atoms with E-state index in [9.17, 15) is 31.9 Å². The van der Waals surface area contributed by atoms with Crippen LogP contribution in [0.25, 0.3) is 0 Å². The molecule has 1 aliphatic rings. The molecular weight excluding hydrogens is 528 g/mol. The number of nitrogens with two attached hydrogens (primary N) is 1. The maximum atomic E-state index is 14.7. The summed E-state index contributed by atoms with van der Waals surface area (Å²) in [4.78, 5) is 40.4. The van der Waals surface area contributed by atoms with Gasteiger partial charge in [0.1, 0.15) is 23.3 Å². The van der Waals surface area contributed by atoms with Crippen LogP contribution in [-0.4, -0.2) is 29.8 Å². The highest BCUT2D eigenvalue weighted by molar-refractivity contribution is 6.34. The molecule has 12 heteroatoms. The summed E-state index contributed by atoms with van der Waals surface area (Å²) in [7, 11) is 1.55. The quantitative estimate of drug-likeness (QED) is 0.422. The SMILES string of the molecule is CC1c2ccc(C(=O)NCc3c(F)cc(F)cc3F)cc2N(Cc2c(F)ccc(C(N)=O)c2Cl)C(=O)N1C. The number of fused-ring (bicyclic) bond motifs is 1. The second-order valence-electron chi connectivity index (χ2n) is 8.71. The molecular formula is C26H21ClF4N4O3. The van der Waals surface area contributed by atoms with Crippen molar-refractivity contribution in [3.8, 4) is 0 Å². The minimum absolute atomic E-state index is 0.0405. The van der Waals surface area contributed by atoms with Gasteiger partial charge in [0.15, 0.2) is 0 Å². The Labute approximate surface area is 219 Å². The highest BCUT2D eigenvalue weighted by Gasteiger charge is 2.35. The minimum atomic E-state index is -1.15. The fourth-order valence-electron chi connectivity index (χ4n) is 4.20. The van der Waals surface area contributed by atoms with Crippen LogP contribution in [0.5, 0.6) is 0 Å². The lowest BCUT2D eigenvalue weighted by Crippen LogP contribution is -2.46. The topological polar surface area (TPSA) is 95.7 Å². The Morgan fingerprint density at radius 2 is 1.66 bits per heavy atom. The first-order chi connectivity index (χ1) is 17.9. The Bertz CT molecular complexity index is 1460. The molecule has 0 aliphatic carbocycles. The zero-order valence-electron chi connectivity index (χ0n) is 20.1. The summed E-state index contributed by atoms with van der Waals surface area (Å²) in [5.74, 6) is -5.77. The number of anilines is 1. The standard InChI is InChI=1S/C26H21ClF4N4O3/c1-12-15-4-3-13(25(37)33-10-17-20(30)8-14(28)9-21(17)31)7-22(15)35(26(38)34(12)2)11-18-19(29)6-5-16(23(18)27)24(32)36/h3-9,12H,10-11H2,1-2H3,(H2,32,36)(H,33,37). The van der Waals surface area contributed by atoms with E-state index in [4.69, 9.17) is 17.3 Å². The summed E-state index contributed by atoms with van der Waals surface area (Å²) in [6.07, 6.45) is 0. The van der Waals surface area contributed by atoms with Crippen molar-refractivity contribution in [2.45, 2.75) is 26.1 Å². The smallest absolute Gasteiger partial charge is 0.325 e. The van der Waals surface area contributed by atoms with Gasteiger partial charge >= 0.3 is 6.03 Å². The van der Waals surface area contributed by atoms with E-state index in [0.29, 0.717) is 17.7 Å². The van der Waals surface area contributed by atoms with Gasteiger partial charge in [0.2, 0.25) is 5.91 Å². The molecule has 1 unspecified atom stereocenters.